The average Bonchev–Trinajstić information content (AvgIpc) is 2.96. The van der Waals surface area contributed by atoms with E-state index < -0.39 is 5.82 Å². The van der Waals surface area contributed by atoms with Gasteiger partial charge in [0.2, 0.25) is 0 Å². The summed E-state index contributed by atoms with van der Waals surface area (Å²) in [5.41, 5.74) is 7.37. The van der Waals surface area contributed by atoms with Gasteiger partial charge in [0, 0.05) is 18.3 Å². The summed E-state index contributed by atoms with van der Waals surface area (Å²) in [6.07, 6.45) is 2.49. The van der Waals surface area contributed by atoms with E-state index in [1.807, 2.05) is 6.92 Å². The molecule has 6 nitrogen and oxygen atoms in total. The number of fused-ring (bicyclic) bond motifs is 1. The number of nitrogens with two attached hydrogens (primary N) is 1. The molecule has 0 saturated carbocycles. The number of rotatable bonds is 5. The summed E-state index contributed by atoms with van der Waals surface area (Å²) in [7, 11) is 1.47. The van der Waals surface area contributed by atoms with Crippen LogP contribution in [0.5, 0.6) is 5.75 Å². The molecule has 0 fully saturated rings. The highest BCUT2D eigenvalue weighted by Crippen LogP contribution is 2.35. The minimum atomic E-state index is -0.439. The summed E-state index contributed by atoms with van der Waals surface area (Å²) in [6, 6.07) is 8.03. The van der Waals surface area contributed by atoms with E-state index >= 15 is 0 Å². The Morgan fingerprint density at radius 3 is 2.88 bits per heavy atom. The van der Waals surface area contributed by atoms with Crippen molar-refractivity contribution >= 4 is 17.4 Å². The molecule has 0 unspecified atom stereocenters. The number of nitrogen functional groups attached to an aromatic ring is 1. The molecule has 2 heterocycles. The molecule has 0 saturated heterocycles. The molecular formula is C18H19FN4O2. The molecule has 3 N–H and O–H groups in total. The van der Waals surface area contributed by atoms with Gasteiger partial charge in [0.15, 0.2) is 5.69 Å². The number of anilines is 1. The lowest BCUT2D eigenvalue weighted by Gasteiger charge is -2.10. The van der Waals surface area contributed by atoms with Crippen LogP contribution in [-0.2, 0) is 0 Å². The SMILES string of the molecule is CCCNC(=O)c1nc2c(-c3c(F)cccc3OC)cccn2c1N. The lowest BCUT2D eigenvalue weighted by molar-refractivity contribution is 0.0950. The van der Waals surface area contributed by atoms with E-state index in [1.165, 1.54) is 13.2 Å². The second kappa shape index (κ2) is 6.80. The van der Waals surface area contributed by atoms with Gasteiger partial charge in [-0.2, -0.15) is 0 Å². The van der Waals surface area contributed by atoms with Gasteiger partial charge in [-0.15, -0.1) is 0 Å². The molecule has 130 valence electrons. The first-order valence-electron chi connectivity index (χ1n) is 7.96. The lowest BCUT2D eigenvalue weighted by atomic mass is 10.1. The molecule has 0 bridgehead atoms. The number of nitrogens with zero attached hydrogens (tertiary/aromatic N) is 2. The summed E-state index contributed by atoms with van der Waals surface area (Å²) in [4.78, 5) is 16.6. The third-order valence-electron chi connectivity index (χ3n) is 3.90. The maximum Gasteiger partial charge on any atom is 0.273 e. The Kier molecular flexibility index (Phi) is 4.56. The van der Waals surface area contributed by atoms with Crippen molar-refractivity contribution in [1.82, 2.24) is 14.7 Å². The van der Waals surface area contributed by atoms with Gasteiger partial charge in [-0.05, 0) is 30.7 Å². The highest BCUT2D eigenvalue weighted by molar-refractivity contribution is 5.99. The highest BCUT2D eigenvalue weighted by atomic mass is 19.1. The van der Waals surface area contributed by atoms with Crippen LogP contribution in [0.1, 0.15) is 23.8 Å². The fraction of sp³-hybridized carbons (Fsp3) is 0.222. The fourth-order valence-electron chi connectivity index (χ4n) is 2.71. The van der Waals surface area contributed by atoms with Crippen molar-refractivity contribution in [2.75, 3.05) is 19.4 Å². The monoisotopic (exact) mass is 342 g/mol. The predicted molar refractivity (Wildman–Crippen MR) is 94.2 cm³/mol. The van der Waals surface area contributed by atoms with Crippen LogP contribution in [-0.4, -0.2) is 28.9 Å². The van der Waals surface area contributed by atoms with Crippen molar-refractivity contribution in [2.45, 2.75) is 13.3 Å². The van der Waals surface area contributed by atoms with Crippen molar-refractivity contribution in [3.63, 3.8) is 0 Å². The quantitative estimate of drug-likeness (QED) is 0.747. The molecular weight excluding hydrogens is 323 g/mol. The van der Waals surface area contributed by atoms with Crippen molar-refractivity contribution in [3.05, 3.63) is 48.0 Å². The van der Waals surface area contributed by atoms with Crippen LogP contribution >= 0.6 is 0 Å². The van der Waals surface area contributed by atoms with Gasteiger partial charge in [-0.3, -0.25) is 9.20 Å². The second-order valence-electron chi connectivity index (χ2n) is 5.53. The molecule has 0 aliphatic carbocycles. The number of methoxy groups -OCH3 is 1. The Labute approximate surface area is 144 Å². The molecule has 0 aliphatic heterocycles. The van der Waals surface area contributed by atoms with E-state index in [0.29, 0.717) is 23.5 Å². The van der Waals surface area contributed by atoms with Gasteiger partial charge in [-0.25, -0.2) is 9.37 Å². The number of carbonyl (C=O) groups is 1. The maximum atomic E-state index is 14.5. The second-order valence-corrected chi connectivity index (χ2v) is 5.53. The number of carbonyl (C=O) groups excluding carboxylic acids is 1. The first kappa shape index (κ1) is 16.8. The van der Waals surface area contributed by atoms with E-state index in [4.69, 9.17) is 10.5 Å². The summed E-state index contributed by atoms with van der Waals surface area (Å²) in [5.74, 6) is -0.201. The summed E-state index contributed by atoms with van der Waals surface area (Å²) < 4.78 is 21.3. The van der Waals surface area contributed by atoms with Gasteiger partial charge in [0.1, 0.15) is 23.0 Å². The molecule has 0 aliphatic rings. The summed E-state index contributed by atoms with van der Waals surface area (Å²) >= 11 is 0. The number of hydrogen-bond donors (Lipinski definition) is 2. The van der Waals surface area contributed by atoms with Crippen LogP contribution in [0.3, 0.4) is 0 Å². The minimum Gasteiger partial charge on any atom is -0.496 e. The number of pyridine rings is 1. The number of nitrogens with one attached hydrogen (secondary N) is 1. The molecule has 3 aromatic rings. The van der Waals surface area contributed by atoms with E-state index in [-0.39, 0.29) is 23.0 Å². The molecule has 25 heavy (non-hydrogen) atoms. The fourth-order valence-corrected chi connectivity index (χ4v) is 2.71. The Balaban J connectivity index is 2.21. The van der Waals surface area contributed by atoms with Crippen molar-refractivity contribution in [1.29, 1.82) is 0 Å². The third-order valence-corrected chi connectivity index (χ3v) is 3.90. The Hall–Kier alpha value is -3.09. The largest absolute Gasteiger partial charge is 0.496 e. The standard InChI is InChI=1S/C18H19FN4O2/c1-3-9-21-18(24)15-16(20)23-10-5-6-11(17(23)22-15)14-12(19)7-4-8-13(14)25-2/h4-8,10H,3,9,20H2,1-2H3,(H,21,24). The average molecular weight is 342 g/mol. The normalized spacial score (nSPS) is 10.8. The van der Waals surface area contributed by atoms with Gasteiger partial charge < -0.3 is 15.8 Å². The first-order chi connectivity index (χ1) is 12.1. The van der Waals surface area contributed by atoms with Crippen molar-refractivity contribution in [2.24, 2.45) is 0 Å². The third kappa shape index (κ3) is 2.88. The van der Waals surface area contributed by atoms with Crippen LogP contribution in [0.25, 0.3) is 16.8 Å². The van der Waals surface area contributed by atoms with Gasteiger partial charge in [-0.1, -0.05) is 13.0 Å². The van der Waals surface area contributed by atoms with Crippen LogP contribution in [0.4, 0.5) is 10.2 Å². The summed E-state index contributed by atoms with van der Waals surface area (Å²) in [5, 5.41) is 2.75. The molecule has 2 aromatic heterocycles. The minimum absolute atomic E-state index is 0.121. The van der Waals surface area contributed by atoms with E-state index in [9.17, 15) is 9.18 Å². The molecule has 1 aromatic carbocycles. The number of ether oxygens (including phenoxy) is 1. The number of aromatic nitrogens is 2. The molecule has 1 amide bonds. The summed E-state index contributed by atoms with van der Waals surface area (Å²) in [6.45, 7) is 2.48. The zero-order chi connectivity index (χ0) is 18.0. The number of hydrogen-bond acceptors (Lipinski definition) is 4. The van der Waals surface area contributed by atoms with Crippen LogP contribution in [0.2, 0.25) is 0 Å². The van der Waals surface area contributed by atoms with Crippen LogP contribution in [0.15, 0.2) is 36.5 Å². The molecule has 7 heteroatoms. The van der Waals surface area contributed by atoms with Crippen LogP contribution < -0.4 is 15.8 Å². The lowest BCUT2D eigenvalue weighted by Crippen LogP contribution is -2.25. The first-order valence-corrected chi connectivity index (χ1v) is 7.96. The van der Waals surface area contributed by atoms with E-state index in [2.05, 4.69) is 10.3 Å². The van der Waals surface area contributed by atoms with Crippen LogP contribution in [0, 0.1) is 5.82 Å². The molecule has 0 atom stereocenters. The Morgan fingerprint density at radius 1 is 1.36 bits per heavy atom. The Morgan fingerprint density at radius 2 is 2.16 bits per heavy atom. The topological polar surface area (TPSA) is 81.6 Å². The number of benzene rings is 1. The van der Waals surface area contributed by atoms with Crippen molar-refractivity contribution < 1.29 is 13.9 Å². The zero-order valence-corrected chi connectivity index (χ0v) is 14.0. The number of amides is 1. The van der Waals surface area contributed by atoms with E-state index in [1.54, 1.807) is 34.9 Å². The maximum absolute atomic E-state index is 14.5. The Bertz CT molecular complexity index is 936. The highest BCUT2D eigenvalue weighted by Gasteiger charge is 2.21. The number of halogens is 1. The van der Waals surface area contributed by atoms with Crippen molar-refractivity contribution in [3.8, 4) is 16.9 Å². The molecule has 0 spiro atoms. The molecule has 3 rings (SSSR count). The van der Waals surface area contributed by atoms with Gasteiger partial charge in [0.05, 0.1) is 12.7 Å². The van der Waals surface area contributed by atoms with E-state index in [0.717, 1.165) is 6.42 Å². The molecule has 0 radical (unpaired) electrons. The van der Waals surface area contributed by atoms with Gasteiger partial charge >= 0.3 is 0 Å². The zero-order valence-electron chi connectivity index (χ0n) is 14.0. The van der Waals surface area contributed by atoms with Gasteiger partial charge in [0.25, 0.3) is 5.91 Å². The predicted octanol–water partition coefficient (Wildman–Crippen LogP) is 2.87. The number of imidazole rings is 1. The smallest absolute Gasteiger partial charge is 0.273 e.